The number of nitrogens with one attached hydrogen (secondary N) is 1. The summed E-state index contributed by atoms with van der Waals surface area (Å²) in [6, 6.07) is 16.2. The highest BCUT2D eigenvalue weighted by Crippen LogP contribution is 2.18. The molecule has 2 aromatic carbocycles. The Labute approximate surface area is 155 Å². The van der Waals surface area contributed by atoms with Gasteiger partial charge in [-0.3, -0.25) is 9.36 Å². The molecule has 0 radical (unpaired) electrons. The van der Waals surface area contributed by atoms with Gasteiger partial charge in [-0.05, 0) is 49.1 Å². The molecule has 3 aromatic rings. The molecule has 3 rings (SSSR count). The summed E-state index contributed by atoms with van der Waals surface area (Å²) in [6.45, 7) is 2.71. The second-order valence-corrected chi connectivity index (χ2v) is 6.75. The topological polar surface area (TPSA) is 46.9 Å². The predicted molar refractivity (Wildman–Crippen MR) is 106 cm³/mol. The average molecular weight is 398 g/mol. The average Bonchev–Trinajstić information content (AvgIpc) is 2.63. The van der Waals surface area contributed by atoms with Crippen LogP contribution in [0.2, 0.25) is 0 Å². The molecule has 0 unspecified atom stereocenters. The molecule has 0 aliphatic rings. The summed E-state index contributed by atoms with van der Waals surface area (Å²) >= 11 is 3.48. The number of hydrogen-bond acceptors (Lipinski definition) is 3. The van der Waals surface area contributed by atoms with E-state index in [4.69, 9.17) is 0 Å². The third-order valence-corrected chi connectivity index (χ3v) is 4.93. The van der Waals surface area contributed by atoms with Gasteiger partial charge in [0, 0.05) is 29.1 Å². The van der Waals surface area contributed by atoms with Gasteiger partial charge >= 0.3 is 0 Å². The summed E-state index contributed by atoms with van der Waals surface area (Å²) in [6.07, 6.45) is 5.26. The zero-order valence-electron chi connectivity index (χ0n) is 14.1. The molecule has 0 bridgehead atoms. The lowest BCUT2D eigenvalue weighted by molar-refractivity contribution is 0.849. The summed E-state index contributed by atoms with van der Waals surface area (Å²) in [5.74, 6) is 0.385. The number of hydrogen-bond donors (Lipinski definition) is 1. The second-order valence-electron chi connectivity index (χ2n) is 5.90. The lowest BCUT2D eigenvalue weighted by atomic mass is 10.1. The quantitative estimate of drug-likeness (QED) is 0.628. The summed E-state index contributed by atoms with van der Waals surface area (Å²) < 4.78 is 2.64. The van der Waals surface area contributed by atoms with Crippen LogP contribution in [-0.4, -0.2) is 16.1 Å². The van der Waals surface area contributed by atoms with E-state index in [1.807, 2.05) is 43.3 Å². The van der Waals surface area contributed by atoms with Gasteiger partial charge in [-0.1, -0.05) is 46.3 Å². The highest BCUT2D eigenvalue weighted by molar-refractivity contribution is 9.10. The first-order valence-corrected chi connectivity index (χ1v) is 9.06. The van der Waals surface area contributed by atoms with Gasteiger partial charge in [0.15, 0.2) is 5.82 Å². The van der Waals surface area contributed by atoms with Crippen molar-refractivity contribution in [1.82, 2.24) is 9.55 Å². The van der Waals surface area contributed by atoms with E-state index in [-0.39, 0.29) is 5.56 Å². The molecule has 0 aliphatic heterocycles. The number of halogens is 1. The molecule has 0 atom stereocenters. The van der Waals surface area contributed by atoms with Gasteiger partial charge in [0.1, 0.15) is 0 Å². The van der Waals surface area contributed by atoms with Crippen LogP contribution in [0.25, 0.3) is 5.69 Å². The lowest BCUT2D eigenvalue weighted by Gasteiger charge is -2.10. The van der Waals surface area contributed by atoms with E-state index in [1.165, 1.54) is 5.56 Å². The molecule has 0 aliphatic carbocycles. The maximum Gasteiger partial charge on any atom is 0.297 e. The van der Waals surface area contributed by atoms with Crippen molar-refractivity contribution in [2.45, 2.75) is 19.8 Å². The van der Waals surface area contributed by atoms with E-state index in [9.17, 15) is 4.79 Å². The fourth-order valence-corrected chi connectivity index (χ4v) is 2.91. The third kappa shape index (κ3) is 4.37. The Morgan fingerprint density at radius 3 is 2.72 bits per heavy atom. The molecule has 128 valence electrons. The Morgan fingerprint density at radius 1 is 1.16 bits per heavy atom. The van der Waals surface area contributed by atoms with Gasteiger partial charge in [-0.2, -0.15) is 0 Å². The number of nitrogens with zero attached hydrogens (tertiary/aromatic N) is 2. The van der Waals surface area contributed by atoms with Crippen LogP contribution in [0.1, 0.15) is 17.5 Å². The Hall–Kier alpha value is -2.40. The number of aryl methyl sites for hydroxylation is 2. The van der Waals surface area contributed by atoms with E-state index in [2.05, 4.69) is 38.4 Å². The molecule has 0 spiro atoms. The number of aromatic nitrogens is 2. The molecule has 4 nitrogen and oxygen atoms in total. The minimum atomic E-state index is -0.135. The van der Waals surface area contributed by atoms with Gasteiger partial charge in [0.25, 0.3) is 5.56 Å². The highest BCUT2D eigenvalue weighted by Gasteiger charge is 2.07. The molecule has 5 heteroatoms. The first-order chi connectivity index (χ1) is 12.1. The fraction of sp³-hybridized carbons (Fsp3) is 0.200. The van der Waals surface area contributed by atoms with E-state index in [0.29, 0.717) is 12.4 Å². The van der Waals surface area contributed by atoms with E-state index in [1.54, 1.807) is 17.0 Å². The van der Waals surface area contributed by atoms with Gasteiger partial charge in [0.2, 0.25) is 0 Å². The molecular formula is C20H20BrN3O. The largest absolute Gasteiger partial charge is 0.365 e. The molecule has 1 aromatic heterocycles. The SMILES string of the molecule is Cc1cc(-n2ccnc(NCCCc3ccccc3)c2=O)ccc1Br. The first kappa shape index (κ1) is 17.4. The van der Waals surface area contributed by atoms with Crippen LogP contribution < -0.4 is 10.9 Å². The van der Waals surface area contributed by atoms with Crippen LogP contribution in [0.5, 0.6) is 0 Å². The number of rotatable bonds is 6. The second kappa shape index (κ2) is 8.12. The first-order valence-electron chi connectivity index (χ1n) is 8.27. The van der Waals surface area contributed by atoms with Gasteiger partial charge in [0.05, 0.1) is 0 Å². The Balaban J connectivity index is 1.68. The third-order valence-electron chi connectivity index (χ3n) is 4.04. The Bertz CT molecular complexity index is 906. The van der Waals surface area contributed by atoms with Crippen LogP contribution >= 0.6 is 15.9 Å². The molecule has 0 saturated heterocycles. The van der Waals surface area contributed by atoms with Crippen LogP contribution in [-0.2, 0) is 6.42 Å². The van der Waals surface area contributed by atoms with Crippen LogP contribution in [0.4, 0.5) is 5.82 Å². The van der Waals surface area contributed by atoms with Crippen LogP contribution in [0, 0.1) is 6.92 Å². The van der Waals surface area contributed by atoms with E-state index >= 15 is 0 Å². The standard InChI is InChI=1S/C20H20BrN3O/c1-15-14-17(9-10-18(15)21)24-13-12-23-19(20(24)25)22-11-5-8-16-6-3-2-4-7-16/h2-4,6-7,9-10,12-14H,5,8,11H2,1H3,(H,22,23). The smallest absolute Gasteiger partial charge is 0.297 e. The van der Waals surface area contributed by atoms with Crippen molar-refractivity contribution in [3.05, 3.63) is 86.9 Å². The van der Waals surface area contributed by atoms with E-state index < -0.39 is 0 Å². The predicted octanol–water partition coefficient (Wildman–Crippen LogP) is 4.35. The van der Waals surface area contributed by atoms with Gasteiger partial charge < -0.3 is 5.32 Å². The van der Waals surface area contributed by atoms with Crippen LogP contribution in [0.15, 0.2) is 70.2 Å². The molecule has 1 N–H and O–H groups in total. The molecule has 1 heterocycles. The van der Waals surface area contributed by atoms with E-state index in [0.717, 1.165) is 28.6 Å². The zero-order valence-corrected chi connectivity index (χ0v) is 15.7. The zero-order chi connectivity index (χ0) is 17.6. The number of benzene rings is 2. The molecular weight excluding hydrogens is 378 g/mol. The fourth-order valence-electron chi connectivity index (χ4n) is 2.66. The molecule has 0 fully saturated rings. The Kier molecular flexibility index (Phi) is 5.66. The van der Waals surface area contributed by atoms with Crippen molar-refractivity contribution in [3.63, 3.8) is 0 Å². The maximum atomic E-state index is 12.7. The normalized spacial score (nSPS) is 10.6. The van der Waals surface area contributed by atoms with Crippen molar-refractivity contribution in [2.75, 3.05) is 11.9 Å². The molecule has 0 saturated carbocycles. The molecule has 0 amide bonds. The monoisotopic (exact) mass is 397 g/mol. The van der Waals surface area contributed by atoms with Crippen molar-refractivity contribution < 1.29 is 0 Å². The minimum Gasteiger partial charge on any atom is -0.365 e. The van der Waals surface area contributed by atoms with Crippen molar-refractivity contribution in [2.24, 2.45) is 0 Å². The van der Waals surface area contributed by atoms with Gasteiger partial charge in [-0.15, -0.1) is 0 Å². The maximum absolute atomic E-state index is 12.7. The van der Waals surface area contributed by atoms with Crippen LogP contribution in [0.3, 0.4) is 0 Å². The lowest BCUT2D eigenvalue weighted by Crippen LogP contribution is -2.23. The van der Waals surface area contributed by atoms with Crippen molar-refractivity contribution >= 4 is 21.7 Å². The molecule has 25 heavy (non-hydrogen) atoms. The van der Waals surface area contributed by atoms with Crippen molar-refractivity contribution in [1.29, 1.82) is 0 Å². The summed E-state index contributed by atoms with van der Waals surface area (Å²) in [5, 5.41) is 3.17. The minimum absolute atomic E-state index is 0.135. The summed E-state index contributed by atoms with van der Waals surface area (Å²) in [4.78, 5) is 16.9. The van der Waals surface area contributed by atoms with Gasteiger partial charge in [-0.25, -0.2) is 4.98 Å². The Morgan fingerprint density at radius 2 is 1.96 bits per heavy atom. The van der Waals surface area contributed by atoms with Crippen molar-refractivity contribution in [3.8, 4) is 5.69 Å². The number of anilines is 1. The summed E-state index contributed by atoms with van der Waals surface area (Å²) in [5.41, 5.74) is 3.08. The summed E-state index contributed by atoms with van der Waals surface area (Å²) in [7, 11) is 0. The highest BCUT2D eigenvalue weighted by atomic mass is 79.9.